The minimum Gasteiger partial charge on any atom is -0.497 e. The van der Waals surface area contributed by atoms with Crippen LogP contribution in [0.4, 0.5) is 14.3 Å². The van der Waals surface area contributed by atoms with Crippen molar-refractivity contribution in [2.75, 3.05) is 25.1 Å². The van der Waals surface area contributed by atoms with E-state index in [0.29, 0.717) is 35.6 Å². The molecule has 0 fully saturated rings. The molecule has 1 N–H and O–H groups in total. The maximum atomic E-state index is 16.0. The predicted octanol–water partition coefficient (Wildman–Crippen LogP) is 4.64. The zero-order valence-corrected chi connectivity index (χ0v) is 26.5. The Kier molecular flexibility index (Phi) is 8.16. The van der Waals surface area contributed by atoms with Gasteiger partial charge in [0.2, 0.25) is 5.13 Å². The number of sulfonamides is 1. The predicted molar refractivity (Wildman–Crippen MR) is 166 cm³/mol. The fraction of sp³-hybridized carbons (Fsp3) is 0.267. The average molecular weight is 670 g/mol. The first-order chi connectivity index (χ1) is 22.0. The molecule has 16 heteroatoms. The molecule has 46 heavy (non-hydrogen) atoms. The molecule has 1 aliphatic rings. The topological polar surface area (TPSA) is 157 Å². The van der Waals surface area contributed by atoms with Gasteiger partial charge in [0, 0.05) is 48.4 Å². The average Bonchev–Trinajstić information content (AvgIpc) is 3.69. The number of nitrogens with zero attached hydrogens (tertiary/aromatic N) is 5. The molecule has 13 nitrogen and oxygen atoms in total. The van der Waals surface area contributed by atoms with E-state index >= 15 is 4.39 Å². The lowest BCUT2D eigenvalue weighted by Crippen LogP contribution is -2.36. The number of hydrogen-bond donors (Lipinski definition) is 1. The second kappa shape index (κ2) is 12.1. The number of rotatable bonds is 9. The lowest BCUT2D eigenvalue weighted by Gasteiger charge is -2.29. The number of fused-ring (bicyclic) bond motifs is 2. The van der Waals surface area contributed by atoms with Gasteiger partial charge >= 0.3 is 11.8 Å². The third-order valence-corrected chi connectivity index (χ3v) is 10.6. The van der Waals surface area contributed by atoms with Crippen molar-refractivity contribution in [1.82, 2.24) is 18.8 Å². The Balaban J connectivity index is 1.42. The number of hydrogen-bond acceptors (Lipinski definition) is 10. The first-order valence-corrected chi connectivity index (χ1v) is 16.2. The summed E-state index contributed by atoms with van der Waals surface area (Å²) >= 11 is 0.804. The molecule has 240 valence electrons. The highest BCUT2D eigenvalue weighted by Gasteiger charge is 2.33. The van der Waals surface area contributed by atoms with Crippen molar-refractivity contribution in [1.29, 1.82) is 0 Å². The summed E-state index contributed by atoms with van der Waals surface area (Å²) in [6.45, 7) is 1.91. The van der Waals surface area contributed by atoms with Crippen molar-refractivity contribution in [2.24, 2.45) is 0 Å². The lowest BCUT2D eigenvalue weighted by molar-refractivity contribution is 0.139. The van der Waals surface area contributed by atoms with E-state index in [1.807, 2.05) is 12.1 Å². The van der Waals surface area contributed by atoms with Crippen LogP contribution >= 0.6 is 11.5 Å². The summed E-state index contributed by atoms with van der Waals surface area (Å²) in [4.78, 5) is 29.5. The molecule has 1 atom stereocenters. The Bertz CT molecular complexity index is 2110. The van der Waals surface area contributed by atoms with E-state index in [4.69, 9.17) is 13.9 Å². The van der Waals surface area contributed by atoms with Crippen LogP contribution in [-0.2, 0) is 29.5 Å². The van der Waals surface area contributed by atoms with Crippen LogP contribution in [0.25, 0.3) is 11.1 Å². The number of methoxy groups -OCH3 is 2. The van der Waals surface area contributed by atoms with E-state index < -0.39 is 38.6 Å². The minimum atomic E-state index is -4.64. The van der Waals surface area contributed by atoms with Gasteiger partial charge in [-0.1, -0.05) is 18.2 Å². The second-order valence-electron chi connectivity index (χ2n) is 10.5. The number of carbonyl (C=O) groups is 1. The number of anilines is 1. The number of halogens is 1. The van der Waals surface area contributed by atoms with Crippen molar-refractivity contribution < 1.29 is 36.6 Å². The lowest BCUT2D eigenvalue weighted by atomic mass is 9.91. The standard InChI is InChI=1S/C30H28FN5O8S2/c1-17(21-6-4-5-18-9-10-34(29(37)38)15-22(18)21)36-24-12-23(31)27(13-26(24)44-30(36)39)46(40,41)35(28-32-16-33-45-28)14-19-7-8-20(42-2)11-25(19)43-3/h4-8,11-13,16-17H,9-10,14-15H2,1-3H3,(H,37,38)/t17-/m1/s1. The minimum absolute atomic E-state index is 0.0192. The molecular formula is C30H28FN5O8S2. The molecule has 0 unspecified atom stereocenters. The molecule has 1 aliphatic heterocycles. The molecule has 0 saturated carbocycles. The van der Waals surface area contributed by atoms with E-state index in [0.717, 1.165) is 39.1 Å². The summed E-state index contributed by atoms with van der Waals surface area (Å²) in [6, 6.07) is 11.6. The van der Waals surface area contributed by atoms with Crippen molar-refractivity contribution in [2.45, 2.75) is 37.4 Å². The quantitative estimate of drug-likeness (QED) is 0.234. The van der Waals surface area contributed by atoms with Gasteiger partial charge in [0.1, 0.15) is 28.5 Å². The molecule has 0 spiro atoms. The fourth-order valence-corrected chi connectivity index (χ4v) is 7.88. The molecule has 3 aromatic carbocycles. The van der Waals surface area contributed by atoms with Crippen LogP contribution in [0.3, 0.4) is 0 Å². The van der Waals surface area contributed by atoms with Crippen LogP contribution in [0.15, 0.2) is 69.0 Å². The largest absolute Gasteiger partial charge is 0.497 e. The molecule has 0 bridgehead atoms. The van der Waals surface area contributed by atoms with E-state index in [-0.39, 0.29) is 29.3 Å². The molecule has 3 heterocycles. The third-order valence-electron chi connectivity index (χ3n) is 8.02. The zero-order chi connectivity index (χ0) is 32.7. The normalized spacial score (nSPS) is 13.8. The van der Waals surface area contributed by atoms with Gasteiger partial charge in [-0.3, -0.25) is 4.57 Å². The van der Waals surface area contributed by atoms with Gasteiger partial charge in [-0.25, -0.2) is 31.7 Å². The van der Waals surface area contributed by atoms with Crippen LogP contribution in [0, 0.1) is 5.82 Å². The number of carboxylic acid groups (broad SMARTS) is 1. The highest BCUT2D eigenvalue weighted by atomic mass is 32.2. The highest BCUT2D eigenvalue weighted by molar-refractivity contribution is 7.93. The molecule has 0 radical (unpaired) electrons. The summed E-state index contributed by atoms with van der Waals surface area (Å²) in [5, 5.41) is 9.54. The number of amides is 1. The van der Waals surface area contributed by atoms with Crippen molar-refractivity contribution in [3.05, 3.63) is 93.5 Å². The zero-order valence-electron chi connectivity index (χ0n) is 24.8. The van der Waals surface area contributed by atoms with Gasteiger partial charge in [0.05, 0.1) is 32.3 Å². The second-order valence-corrected chi connectivity index (χ2v) is 13.1. The van der Waals surface area contributed by atoms with Crippen LogP contribution < -0.4 is 19.5 Å². The Morgan fingerprint density at radius 3 is 2.70 bits per heavy atom. The Morgan fingerprint density at radius 2 is 2.00 bits per heavy atom. The summed E-state index contributed by atoms with van der Waals surface area (Å²) in [5.74, 6) is -1.11. The van der Waals surface area contributed by atoms with Crippen molar-refractivity contribution in [3.63, 3.8) is 0 Å². The molecular weight excluding hydrogens is 641 g/mol. The smallest absolute Gasteiger partial charge is 0.420 e. The molecule has 0 aliphatic carbocycles. The fourth-order valence-electron chi connectivity index (χ4n) is 5.69. The maximum Gasteiger partial charge on any atom is 0.420 e. The van der Waals surface area contributed by atoms with Gasteiger partial charge in [0.25, 0.3) is 10.0 Å². The molecule has 1 amide bonds. The van der Waals surface area contributed by atoms with E-state index in [1.165, 1.54) is 30.0 Å². The van der Waals surface area contributed by atoms with Crippen molar-refractivity contribution >= 4 is 43.9 Å². The molecule has 2 aromatic heterocycles. The van der Waals surface area contributed by atoms with Crippen LogP contribution in [0.1, 0.15) is 35.2 Å². The molecule has 0 saturated heterocycles. The van der Waals surface area contributed by atoms with Gasteiger partial charge in [-0.2, -0.15) is 4.37 Å². The first kappa shape index (κ1) is 31.0. The molecule has 5 aromatic rings. The highest BCUT2D eigenvalue weighted by Crippen LogP contribution is 2.35. The van der Waals surface area contributed by atoms with Crippen LogP contribution in [0.5, 0.6) is 11.5 Å². The number of benzene rings is 3. The van der Waals surface area contributed by atoms with Gasteiger partial charge in [-0.15, -0.1) is 0 Å². The third kappa shape index (κ3) is 5.43. The Labute approximate surface area is 266 Å². The van der Waals surface area contributed by atoms with Gasteiger partial charge < -0.3 is 23.9 Å². The summed E-state index contributed by atoms with van der Waals surface area (Å²) in [5.41, 5.74) is 2.72. The summed E-state index contributed by atoms with van der Waals surface area (Å²) in [6.07, 6.45) is 0.640. The van der Waals surface area contributed by atoms with Crippen molar-refractivity contribution in [3.8, 4) is 11.5 Å². The first-order valence-electron chi connectivity index (χ1n) is 14.0. The SMILES string of the molecule is COc1ccc(CN(c2ncns2)S(=O)(=O)c2cc3oc(=O)n([C@H](C)c4cccc5c4CN(C(=O)O)CC5)c3cc2F)c(OC)c1. The van der Waals surface area contributed by atoms with Gasteiger partial charge in [-0.05, 0) is 42.2 Å². The Morgan fingerprint density at radius 1 is 1.20 bits per heavy atom. The summed E-state index contributed by atoms with van der Waals surface area (Å²) in [7, 11) is -1.73. The number of aromatic nitrogens is 3. The van der Waals surface area contributed by atoms with E-state index in [2.05, 4.69) is 9.36 Å². The number of oxazole rings is 1. The molecule has 6 rings (SSSR count). The van der Waals surface area contributed by atoms with E-state index in [1.54, 1.807) is 31.2 Å². The van der Waals surface area contributed by atoms with Crippen LogP contribution in [-0.4, -0.2) is 59.2 Å². The van der Waals surface area contributed by atoms with Crippen LogP contribution in [0.2, 0.25) is 0 Å². The van der Waals surface area contributed by atoms with E-state index in [9.17, 15) is 23.1 Å². The van der Waals surface area contributed by atoms with Gasteiger partial charge in [0.15, 0.2) is 5.58 Å². The Hall–Kier alpha value is -4.96. The monoisotopic (exact) mass is 669 g/mol. The number of ether oxygens (including phenoxy) is 2. The summed E-state index contributed by atoms with van der Waals surface area (Å²) < 4.78 is 66.4. The maximum absolute atomic E-state index is 16.0.